The maximum absolute atomic E-state index is 13.7. The lowest BCUT2D eigenvalue weighted by Crippen LogP contribution is -2.47. The Morgan fingerprint density at radius 3 is 2.21 bits per heavy atom. The van der Waals surface area contributed by atoms with Crippen LogP contribution in [-0.4, -0.2) is 67.2 Å². The first-order valence-electron chi connectivity index (χ1n) is 21.3. The average molecular weight is 860 g/mol. The van der Waals surface area contributed by atoms with Gasteiger partial charge in [-0.2, -0.15) is 4.72 Å². The number of hydrogen-bond acceptors (Lipinski definition) is 9. The number of esters is 1. The summed E-state index contributed by atoms with van der Waals surface area (Å²) in [6.07, 6.45) is 1.26. The second kappa shape index (κ2) is 19.9. The van der Waals surface area contributed by atoms with Crippen LogP contribution in [0.2, 0.25) is 0 Å². The Hall–Kier alpha value is -5.21. The molecule has 7 rings (SSSR count). The predicted octanol–water partition coefficient (Wildman–Crippen LogP) is 7.71. The van der Waals surface area contributed by atoms with Crippen molar-refractivity contribution in [3.05, 3.63) is 161 Å². The third-order valence-corrected chi connectivity index (χ3v) is 12.7. The zero-order valence-corrected chi connectivity index (χ0v) is 36.6. The highest BCUT2D eigenvalue weighted by Gasteiger charge is 2.39. The molecule has 5 aromatic rings. The van der Waals surface area contributed by atoms with E-state index in [0.717, 1.165) is 63.9 Å². The number of aryl methyl sites for hydroxylation is 1. The summed E-state index contributed by atoms with van der Waals surface area (Å²) in [4.78, 5) is 29.1. The standard InChI is InChI=1S/C50H57N3O8S/c1-34-15-25-43(26-16-34)62(57,58)52-44(29-35-10-6-5-7-11-35)47(55)51-31-37-12-8-13-41(28-37)38-21-23-40(24-22-38)49-59-42(30-46(60-49)39-19-17-36(33-54)18-20-39)32-53-27-9-14-45(53)48(56)61-50(2,3)4/h5-8,10-13,15-26,28,42,44-46,49,52,54H,9,14,27,29-33H2,1-4H3,(H,51,55)/t42-,44+,45-,46+,49+/m0/s1. The van der Waals surface area contributed by atoms with Gasteiger partial charge < -0.3 is 24.6 Å². The van der Waals surface area contributed by atoms with Crippen molar-refractivity contribution in [2.75, 3.05) is 13.1 Å². The SMILES string of the molecule is Cc1ccc(S(=O)(=O)N[C@H](Cc2ccccc2)C(=O)NCc2cccc(-c3ccc([C@@H]4O[C@H](CN5CCC[C@H]5C(=O)OC(C)(C)C)C[C@H](c5ccc(CO)cc5)O4)cc3)c2)cc1. The fourth-order valence-electron chi connectivity index (χ4n) is 7.99. The first kappa shape index (κ1) is 44.8. The van der Waals surface area contributed by atoms with Gasteiger partial charge in [-0.05, 0) is 105 Å². The number of aliphatic hydroxyl groups excluding tert-OH is 1. The average Bonchev–Trinajstić information content (AvgIpc) is 3.73. The van der Waals surface area contributed by atoms with Crippen molar-refractivity contribution < 1.29 is 37.3 Å². The van der Waals surface area contributed by atoms with Crippen LogP contribution in [-0.2, 0) is 53.4 Å². The summed E-state index contributed by atoms with van der Waals surface area (Å²) in [6.45, 7) is 9.04. The van der Waals surface area contributed by atoms with Gasteiger partial charge in [-0.15, -0.1) is 0 Å². The molecule has 0 unspecified atom stereocenters. The topological polar surface area (TPSA) is 144 Å². The molecule has 2 saturated heterocycles. The maximum Gasteiger partial charge on any atom is 0.323 e. The normalized spacial score (nSPS) is 20.1. The zero-order chi connectivity index (χ0) is 43.9. The third-order valence-electron chi connectivity index (χ3n) is 11.2. The number of aliphatic hydroxyl groups is 1. The number of nitrogens with zero attached hydrogens (tertiary/aromatic N) is 1. The molecule has 3 N–H and O–H groups in total. The predicted molar refractivity (Wildman–Crippen MR) is 238 cm³/mol. The molecule has 0 saturated carbocycles. The van der Waals surface area contributed by atoms with Gasteiger partial charge in [0.1, 0.15) is 17.7 Å². The number of likely N-dealkylation sites (tertiary alicyclic amines) is 1. The first-order valence-corrected chi connectivity index (χ1v) is 22.8. The summed E-state index contributed by atoms with van der Waals surface area (Å²) in [6, 6.07) is 38.2. The van der Waals surface area contributed by atoms with Crippen molar-refractivity contribution >= 4 is 21.9 Å². The molecule has 1 amide bonds. The largest absolute Gasteiger partial charge is 0.459 e. The van der Waals surface area contributed by atoms with Crippen molar-refractivity contribution in [2.45, 2.75) is 108 Å². The van der Waals surface area contributed by atoms with E-state index in [1.807, 2.05) is 131 Å². The van der Waals surface area contributed by atoms with Crippen LogP contribution < -0.4 is 10.0 Å². The lowest BCUT2D eigenvalue weighted by molar-refractivity contribution is -0.253. The quantitative estimate of drug-likeness (QED) is 0.0903. The molecule has 11 nitrogen and oxygen atoms in total. The van der Waals surface area contributed by atoms with Crippen LogP contribution in [0.4, 0.5) is 0 Å². The van der Waals surface area contributed by atoms with E-state index in [9.17, 15) is 23.1 Å². The number of sulfonamides is 1. The number of hydrogen-bond donors (Lipinski definition) is 3. The zero-order valence-electron chi connectivity index (χ0n) is 35.8. The molecule has 0 spiro atoms. The van der Waals surface area contributed by atoms with Crippen molar-refractivity contribution in [3.63, 3.8) is 0 Å². The second-order valence-electron chi connectivity index (χ2n) is 17.3. The highest BCUT2D eigenvalue weighted by atomic mass is 32.2. The van der Waals surface area contributed by atoms with Gasteiger partial charge in [-0.3, -0.25) is 14.5 Å². The molecule has 326 valence electrons. The minimum atomic E-state index is -3.97. The van der Waals surface area contributed by atoms with Crippen molar-refractivity contribution in [1.82, 2.24) is 14.9 Å². The van der Waals surface area contributed by atoms with Crippen molar-refractivity contribution in [3.8, 4) is 11.1 Å². The summed E-state index contributed by atoms with van der Waals surface area (Å²) >= 11 is 0. The number of ether oxygens (including phenoxy) is 3. The van der Waals surface area contributed by atoms with Gasteiger partial charge in [0.05, 0.1) is 23.7 Å². The number of carbonyl (C=O) groups is 2. The molecular weight excluding hydrogens is 803 g/mol. The molecule has 62 heavy (non-hydrogen) atoms. The van der Waals surface area contributed by atoms with Gasteiger partial charge in [0, 0.05) is 25.1 Å². The van der Waals surface area contributed by atoms with Crippen molar-refractivity contribution in [1.29, 1.82) is 0 Å². The highest BCUT2D eigenvalue weighted by Crippen LogP contribution is 2.39. The van der Waals surface area contributed by atoms with E-state index in [0.29, 0.717) is 13.0 Å². The summed E-state index contributed by atoms with van der Waals surface area (Å²) < 4.78 is 48.5. The lowest BCUT2D eigenvalue weighted by atomic mass is 9.98. The Labute approximate surface area is 365 Å². The van der Waals surface area contributed by atoms with Gasteiger partial charge in [0.15, 0.2) is 6.29 Å². The lowest BCUT2D eigenvalue weighted by Gasteiger charge is -2.38. The van der Waals surface area contributed by atoms with Gasteiger partial charge in [-0.25, -0.2) is 8.42 Å². The van der Waals surface area contributed by atoms with Crippen LogP contribution in [0.25, 0.3) is 11.1 Å². The summed E-state index contributed by atoms with van der Waals surface area (Å²) in [5, 5.41) is 12.6. The van der Waals surface area contributed by atoms with Crippen LogP contribution in [0.1, 0.15) is 85.8 Å². The van der Waals surface area contributed by atoms with Gasteiger partial charge in [-0.1, -0.05) is 115 Å². The Balaban J connectivity index is 1.04. The molecule has 2 fully saturated rings. The first-order chi connectivity index (χ1) is 29.7. The molecule has 2 aliphatic heterocycles. The monoisotopic (exact) mass is 859 g/mol. The van der Waals surface area contributed by atoms with Gasteiger partial charge in [0.2, 0.25) is 15.9 Å². The number of benzene rings is 5. The van der Waals surface area contributed by atoms with Gasteiger partial charge in [0.25, 0.3) is 0 Å². The van der Waals surface area contributed by atoms with E-state index in [1.54, 1.807) is 12.1 Å². The minimum absolute atomic E-state index is 0.0425. The smallest absolute Gasteiger partial charge is 0.323 e. The Bertz CT molecular complexity index is 2380. The van der Waals surface area contributed by atoms with Crippen LogP contribution in [0, 0.1) is 6.92 Å². The van der Waals surface area contributed by atoms with Gasteiger partial charge >= 0.3 is 5.97 Å². The molecule has 0 aliphatic carbocycles. The molecule has 0 aromatic heterocycles. The Kier molecular flexibility index (Phi) is 14.4. The molecule has 2 aliphatic rings. The molecular formula is C50H57N3O8S. The van der Waals surface area contributed by atoms with Crippen LogP contribution in [0.5, 0.6) is 0 Å². The van der Waals surface area contributed by atoms with E-state index < -0.39 is 33.9 Å². The molecule has 5 aromatic carbocycles. The van der Waals surface area contributed by atoms with E-state index in [2.05, 4.69) is 14.9 Å². The van der Waals surface area contributed by atoms with E-state index in [1.165, 1.54) is 12.1 Å². The summed E-state index contributed by atoms with van der Waals surface area (Å²) in [7, 11) is -3.97. The molecule has 12 heteroatoms. The number of rotatable bonds is 15. The Morgan fingerprint density at radius 2 is 1.52 bits per heavy atom. The van der Waals surface area contributed by atoms with E-state index in [-0.39, 0.29) is 48.7 Å². The third kappa shape index (κ3) is 11.8. The number of amides is 1. The Morgan fingerprint density at radius 1 is 0.823 bits per heavy atom. The summed E-state index contributed by atoms with van der Waals surface area (Å²) in [5.74, 6) is -0.636. The van der Waals surface area contributed by atoms with Crippen LogP contribution in [0.3, 0.4) is 0 Å². The maximum atomic E-state index is 13.7. The number of nitrogens with one attached hydrogen (secondary N) is 2. The van der Waals surface area contributed by atoms with Crippen LogP contribution in [0.15, 0.2) is 132 Å². The molecule has 0 radical (unpaired) electrons. The fourth-order valence-corrected chi connectivity index (χ4v) is 9.19. The minimum Gasteiger partial charge on any atom is -0.459 e. The second-order valence-corrected chi connectivity index (χ2v) is 19.0. The van der Waals surface area contributed by atoms with E-state index >= 15 is 0 Å². The molecule has 0 bridgehead atoms. The van der Waals surface area contributed by atoms with E-state index in [4.69, 9.17) is 14.2 Å². The van der Waals surface area contributed by atoms with Crippen LogP contribution >= 0.6 is 0 Å². The highest BCUT2D eigenvalue weighted by molar-refractivity contribution is 7.89. The van der Waals surface area contributed by atoms with Crippen molar-refractivity contribution in [2.24, 2.45) is 0 Å². The number of carbonyl (C=O) groups excluding carboxylic acids is 2. The fraction of sp³-hybridized carbons (Fsp3) is 0.360. The molecule has 5 atom stereocenters. The summed E-state index contributed by atoms with van der Waals surface area (Å²) in [5.41, 5.74) is 6.60. The molecule has 2 heterocycles.